The summed E-state index contributed by atoms with van der Waals surface area (Å²) in [5, 5.41) is 13.2. The number of nitrogens with one attached hydrogen (secondary N) is 2. The van der Waals surface area contributed by atoms with Crippen LogP contribution in [0.2, 0.25) is 5.02 Å². The van der Waals surface area contributed by atoms with Crippen molar-refractivity contribution in [1.82, 2.24) is 4.72 Å². The third-order valence-corrected chi connectivity index (χ3v) is 6.45. The normalized spacial score (nSPS) is 14.4. The zero-order chi connectivity index (χ0) is 22.6. The van der Waals surface area contributed by atoms with Gasteiger partial charge in [0.1, 0.15) is 6.04 Å². The summed E-state index contributed by atoms with van der Waals surface area (Å²) in [6, 6.07) is 9.87. The molecular weight excluding hydrogens is 446 g/mol. The van der Waals surface area contributed by atoms with Crippen LogP contribution in [-0.2, 0) is 26.0 Å². The number of aliphatic hydroxyl groups is 1. The lowest BCUT2D eigenvalue weighted by Crippen LogP contribution is -2.48. The van der Waals surface area contributed by atoms with Gasteiger partial charge in [0, 0.05) is 27.2 Å². The smallest absolute Gasteiger partial charge is 0.420 e. The lowest BCUT2D eigenvalue weighted by Gasteiger charge is -2.36. The first-order chi connectivity index (χ1) is 14.7. The Labute approximate surface area is 189 Å². The molecule has 2 aromatic rings. The van der Waals surface area contributed by atoms with Crippen LogP contribution in [0.5, 0.6) is 0 Å². The summed E-state index contributed by atoms with van der Waals surface area (Å²) in [5.41, 5.74) is 2.20. The standard InChI is InChI=1S/C20H22ClN3O6S.3H2/c1-30-20(27)23-31(28,29)16-7-5-15(6-8-16)22-19(26)18(12-25)24-10-2-3-13-11-14(21)4-9-17(13)24;;;/h4-9,11,18,25H,2-3,10,12H2,1H3,(H,22,26)(H,23,27);3*1H/t18-;;;/m1.../s1. The third kappa shape index (κ3) is 5.27. The molecule has 0 saturated carbocycles. The number of hydrogen-bond donors (Lipinski definition) is 3. The summed E-state index contributed by atoms with van der Waals surface area (Å²) in [6.07, 6.45) is 0.546. The molecule has 0 fully saturated rings. The second kappa shape index (κ2) is 9.54. The van der Waals surface area contributed by atoms with E-state index in [1.165, 1.54) is 24.3 Å². The molecule has 1 heterocycles. The fourth-order valence-electron chi connectivity index (χ4n) is 3.39. The third-order valence-electron chi connectivity index (χ3n) is 4.88. The molecule has 0 radical (unpaired) electrons. The fraction of sp³-hybridized carbons (Fsp3) is 0.300. The van der Waals surface area contributed by atoms with Crippen molar-refractivity contribution < 1.29 is 32.1 Å². The molecule has 1 aliphatic rings. The number of carbonyl (C=O) groups is 2. The maximum atomic E-state index is 12.9. The van der Waals surface area contributed by atoms with Gasteiger partial charge in [-0.1, -0.05) is 11.6 Å². The van der Waals surface area contributed by atoms with E-state index < -0.39 is 34.7 Å². The monoisotopic (exact) mass is 473 g/mol. The van der Waals surface area contributed by atoms with E-state index in [2.05, 4.69) is 10.1 Å². The predicted molar refractivity (Wildman–Crippen MR) is 122 cm³/mol. The van der Waals surface area contributed by atoms with Crippen molar-refractivity contribution in [3.8, 4) is 0 Å². The number of aliphatic hydroxyl groups excluding tert-OH is 1. The summed E-state index contributed by atoms with van der Waals surface area (Å²) in [6.45, 7) is 0.201. The van der Waals surface area contributed by atoms with Gasteiger partial charge in [-0.25, -0.2) is 17.9 Å². The Balaban J connectivity index is 0.00000363. The second-order valence-corrected chi connectivity index (χ2v) is 9.00. The Morgan fingerprint density at radius 1 is 1.26 bits per heavy atom. The number of benzene rings is 2. The minimum atomic E-state index is -4.09. The number of aryl methyl sites for hydroxylation is 1. The van der Waals surface area contributed by atoms with E-state index in [4.69, 9.17) is 11.6 Å². The van der Waals surface area contributed by atoms with E-state index in [0.29, 0.717) is 17.3 Å². The molecule has 0 aliphatic carbocycles. The molecule has 1 aliphatic heterocycles. The number of amides is 2. The van der Waals surface area contributed by atoms with Crippen LogP contribution in [-0.4, -0.2) is 51.8 Å². The summed E-state index contributed by atoms with van der Waals surface area (Å²) in [4.78, 5) is 25.7. The topological polar surface area (TPSA) is 125 Å². The highest BCUT2D eigenvalue weighted by Crippen LogP contribution is 2.31. The van der Waals surface area contributed by atoms with Crippen LogP contribution >= 0.6 is 11.6 Å². The molecular formula is C20H28ClN3O6S. The lowest BCUT2D eigenvalue weighted by molar-refractivity contribution is -0.118. The Bertz CT molecular complexity index is 1090. The first-order valence-electron chi connectivity index (χ1n) is 9.43. The summed E-state index contributed by atoms with van der Waals surface area (Å²) in [7, 11) is -3.04. The highest BCUT2D eigenvalue weighted by atomic mass is 35.5. The van der Waals surface area contributed by atoms with Gasteiger partial charge in [0.25, 0.3) is 10.0 Å². The van der Waals surface area contributed by atoms with Crippen LogP contribution in [0.3, 0.4) is 0 Å². The number of rotatable bonds is 6. The number of halogens is 1. The van der Waals surface area contributed by atoms with Crippen molar-refractivity contribution >= 4 is 45.0 Å². The summed E-state index contributed by atoms with van der Waals surface area (Å²) in [5.74, 6) is -0.436. The van der Waals surface area contributed by atoms with Crippen molar-refractivity contribution in [3.63, 3.8) is 0 Å². The van der Waals surface area contributed by atoms with Gasteiger partial charge in [0.05, 0.1) is 18.6 Å². The van der Waals surface area contributed by atoms with Crippen molar-refractivity contribution in [3.05, 3.63) is 53.1 Å². The maximum Gasteiger partial charge on any atom is 0.420 e. The van der Waals surface area contributed by atoms with Gasteiger partial charge in [-0.05, 0) is 60.9 Å². The number of fused-ring (bicyclic) bond motifs is 1. The van der Waals surface area contributed by atoms with Crippen LogP contribution in [0.4, 0.5) is 16.2 Å². The highest BCUT2D eigenvalue weighted by Gasteiger charge is 2.29. The van der Waals surface area contributed by atoms with Gasteiger partial charge < -0.3 is 20.1 Å². The van der Waals surface area contributed by atoms with Crippen molar-refractivity contribution in [2.45, 2.75) is 23.8 Å². The number of methoxy groups -OCH3 is 1. The molecule has 0 bridgehead atoms. The zero-order valence-corrected chi connectivity index (χ0v) is 18.2. The van der Waals surface area contributed by atoms with Gasteiger partial charge in [0.2, 0.25) is 5.91 Å². The van der Waals surface area contributed by atoms with Gasteiger partial charge in [-0.2, -0.15) is 0 Å². The zero-order valence-electron chi connectivity index (χ0n) is 16.7. The minimum absolute atomic E-state index is 0. The van der Waals surface area contributed by atoms with Gasteiger partial charge >= 0.3 is 6.09 Å². The predicted octanol–water partition coefficient (Wildman–Crippen LogP) is 2.87. The Kier molecular flexibility index (Phi) is 7.04. The van der Waals surface area contributed by atoms with Gasteiger partial charge in [-0.3, -0.25) is 4.79 Å². The molecule has 0 aromatic heterocycles. The van der Waals surface area contributed by atoms with Crippen molar-refractivity contribution in [1.29, 1.82) is 0 Å². The molecule has 3 rings (SSSR count). The Morgan fingerprint density at radius 2 is 1.97 bits per heavy atom. The number of anilines is 2. The van der Waals surface area contributed by atoms with E-state index in [-0.39, 0.29) is 9.18 Å². The Morgan fingerprint density at radius 3 is 2.61 bits per heavy atom. The van der Waals surface area contributed by atoms with Gasteiger partial charge in [-0.15, -0.1) is 0 Å². The summed E-state index contributed by atoms with van der Waals surface area (Å²) >= 11 is 6.07. The fourth-order valence-corrected chi connectivity index (χ4v) is 4.50. The van der Waals surface area contributed by atoms with Crippen molar-refractivity contribution in [2.75, 3.05) is 30.5 Å². The first kappa shape index (κ1) is 22.9. The largest absolute Gasteiger partial charge is 0.452 e. The number of ether oxygens (including phenoxy) is 1. The molecule has 3 N–H and O–H groups in total. The van der Waals surface area contributed by atoms with E-state index >= 15 is 0 Å². The van der Waals surface area contributed by atoms with Crippen LogP contribution in [0.15, 0.2) is 47.4 Å². The van der Waals surface area contributed by atoms with Crippen molar-refractivity contribution in [2.24, 2.45) is 0 Å². The number of hydrogen-bond acceptors (Lipinski definition) is 7. The second-order valence-electron chi connectivity index (χ2n) is 6.88. The Hall–Kier alpha value is -2.82. The van der Waals surface area contributed by atoms with E-state index in [1.54, 1.807) is 10.8 Å². The van der Waals surface area contributed by atoms with E-state index in [1.807, 2.05) is 17.0 Å². The molecule has 0 spiro atoms. The lowest BCUT2D eigenvalue weighted by atomic mass is 9.99. The van der Waals surface area contributed by atoms with E-state index in [0.717, 1.165) is 31.2 Å². The van der Waals surface area contributed by atoms with Crippen LogP contribution in [0.1, 0.15) is 16.3 Å². The average molecular weight is 474 g/mol. The highest BCUT2D eigenvalue weighted by molar-refractivity contribution is 7.90. The van der Waals surface area contributed by atoms with E-state index in [9.17, 15) is 23.1 Å². The molecule has 2 amide bonds. The number of sulfonamides is 1. The molecule has 31 heavy (non-hydrogen) atoms. The molecule has 2 aromatic carbocycles. The average Bonchev–Trinajstić information content (AvgIpc) is 2.74. The number of nitrogens with zero attached hydrogens (tertiary/aromatic N) is 1. The maximum absolute atomic E-state index is 12.9. The molecule has 9 nitrogen and oxygen atoms in total. The van der Waals surface area contributed by atoms with Crippen LogP contribution in [0, 0.1) is 0 Å². The first-order valence-corrected chi connectivity index (χ1v) is 11.3. The summed E-state index contributed by atoms with van der Waals surface area (Å²) < 4.78 is 30.2. The molecule has 11 heteroatoms. The molecule has 1 atom stereocenters. The molecule has 0 saturated heterocycles. The SMILES string of the molecule is COC(=O)NS(=O)(=O)c1ccc(NC(=O)[C@@H](CO)N2CCCc3cc(Cl)ccc32)cc1.[HH].[HH].[HH]. The van der Waals surface area contributed by atoms with Crippen LogP contribution in [0.25, 0.3) is 0 Å². The molecule has 172 valence electrons. The van der Waals surface area contributed by atoms with Crippen LogP contribution < -0.4 is 14.9 Å². The minimum Gasteiger partial charge on any atom is -0.452 e. The number of carbonyl (C=O) groups excluding carboxylic acids is 2. The molecule has 0 unspecified atom stereocenters. The van der Waals surface area contributed by atoms with Gasteiger partial charge in [0.15, 0.2) is 0 Å². The quantitative estimate of drug-likeness (QED) is 0.589.